The van der Waals surface area contributed by atoms with Crippen LogP contribution < -0.4 is 5.32 Å². The van der Waals surface area contributed by atoms with Gasteiger partial charge in [-0.25, -0.2) is 18.2 Å². The first-order valence-corrected chi connectivity index (χ1v) is 18.8. The monoisotopic (exact) mass is 739 g/mol. The van der Waals surface area contributed by atoms with Crippen LogP contribution >= 0.6 is 34.5 Å². The number of carbonyl (C=O) groups excluding carboxylic acids is 2. The molecule has 0 aliphatic carbocycles. The van der Waals surface area contributed by atoms with Gasteiger partial charge < -0.3 is 25.3 Å². The molecule has 11 nitrogen and oxygen atoms in total. The van der Waals surface area contributed by atoms with Crippen molar-refractivity contribution < 1.29 is 28.2 Å². The lowest BCUT2D eigenvalue weighted by atomic mass is 9.97. The maximum absolute atomic E-state index is 14.1. The summed E-state index contributed by atoms with van der Waals surface area (Å²) in [7, 11) is -4.40. The summed E-state index contributed by atoms with van der Waals surface area (Å²) in [5, 5.41) is 27.9. The number of phenolic OH excluding ortho intramolecular Hbond substituents is 1. The van der Waals surface area contributed by atoms with Gasteiger partial charge in [-0.1, -0.05) is 81.2 Å². The highest BCUT2D eigenvalue weighted by Gasteiger charge is 2.41. The first kappa shape index (κ1) is 37.9. The number of benzene rings is 2. The number of halogens is 2. The fourth-order valence-electron chi connectivity index (χ4n) is 5.80. The lowest BCUT2D eigenvalue weighted by molar-refractivity contribution is -0.128. The number of hydrogen-bond donors (Lipinski definition) is 3. The van der Waals surface area contributed by atoms with Crippen molar-refractivity contribution >= 4 is 56.5 Å². The molecular weight excluding hydrogens is 697 g/mol. The van der Waals surface area contributed by atoms with Crippen molar-refractivity contribution in [2.75, 3.05) is 26.2 Å². The fraction of sp³-hybridized carbons (Fsp3) is 0.485. The van der Waals surface area contributed by atoms with Crippen molar-refractivity contribution in [3.63, 3.8) is 0 Å². The van der Waals surface area contributed by atoms with E-state index in [1.165, 1.54) is 17.4 Å². The largest absolute Gasteiger partial charge is 0.505 e. The van der Waals surface area contributed by atoms with Gasteiger partial charge >= 0.3 is 6.03 Å². The first-order chi connectivity index (χ1) is 22.6. The second-order valence-electron chi connectivity index (χ2n) is 12.8. The molecule has 0 unspecified atom stereocenters. The highest BCUT2D eigenvalue weighted by molar-refractivity contribution is 7.89. The van der Waals surface area contributed by atoms with Crippen LogP contribution in [0.25, 0.3) is 0 Å². The number of nitrogens with zero attached hydrogens (tertiary/aromatic N) is 4. The summed E-state index contributed by atoms with van der Waals surface area (Å²) in [4.78, 5) is 34.8. The van der Waals surface area contributed by atoms with E-state index in [0.717, 1.165) is 26.6 Å². The van der Waals surface area contributed by atoms with Crippen LogP contribution in [0.15, 0.2) is 52.7 Å². The van der Waals surface area contributed by atoms with Gasteiger partial charge in [0.05, 0.1) is 34.4 Å². The van der Waals surface area contributed by atoms with E-state index in [-0.39, 0.29) is 40.9 Å². The number of aliphatic hydroxyl groups excluding tert-OH is 1. The van der Waals surface area contributed by atoms with E-state index in [9.17, 15) is 28.2 Å². The third kappa shape index (κ3) is 9.19. The Bertz CT molecular complexity index is 1690. The lowest BCUT2D eigenvalue weighted by Crippen LogP contribution is -2.57. The number of sulfonamides is 1. The molecule has 0 bridgehead atoms. The molecule has 2 aromatic carbocycles. The second-order valence-corrected chi connectivity index (χ2v) is 16.6. The van der Waals surface area contributed by atoms with E-state index in [0.29, 0.717) is 19.6 Å². The standard InChI is InChI=1S/C33H43Cl2N5O6S2/c1-20(2)16-39(48(45,46)29-15-24(34)14-26(35)31(29)42)18-28(41)27(13-23-9-7-6-8-10-23)37-32(43)30(21(3)4)40-12-11-38(33(40)44)17-25-19-47-22(5)36-25/h6-10,14-15,19-21,27-28,30,41-42H,11-13,16-18H2,1-5H3,(H,37,43)/t27-,28-,30-/m0/s1. The second kappa shape index (κ2) is 16.2. The number of phenols is 1. The molecule has 3 aromatic rings. The zero-order valence-corrected chi connectivity index (χ0v) is 30.8. The summed E-state index contributed by atoms with van der Waals surface area (Å²) in [6, 6.07) is 9.51. The summed E-state index contributed by atoms with van der Waals surface area (Å²) >= 11 is 13.7. The van der Waals surface area contributed by atoms with Crippen LogP contribution in [0.3, 0.4) is 0 Å². The van der Waals surface area contributed by atoms with Crippen LogP contribution in [-0.4, -0.2) is 94.0 Å². The number of aromatic nitrogens is 1. The molecule has 1 fully saturated rings. The Hall–Kier alpha value is -2.94. The predicted molar refractivity (Wildman–Crippen MR) is 188 cm³/mol. The Balaban J connectivity index is 1.60. The number of amides is 3. The van der Waals surface area contributed by atoms with E-state index < -0.39 is 51.3 Å². The third-order valence-electron chi connectivity index (χ3n) is 8.04. The zero-order valence-electron chi connectivity index (χ0n) is 27.6. The Kier molecular flexibility index (Phi) is 12.8. The van der Waals surface area contributed by atoms with Crippen molar-refractivity contribution in [2.45, 2.75) is 70.7 Å². The average molecular weight is 741 g/mol. The molecule has 0 radical (unpaired) electrons. The van der Waals surface area contributed by atoms with Crippen molar-refractivity contribution in [2.24, 2.45) is 11.8 Å². The van der Waals surface area contributed by atoms with Gasteiger partial charge in [0.1, 0.15) is 10.9 Å². The van der Waals surface area contributed by atoms with Gasteiger partial charge in [0.25, 0.3) is 0 Å². The molecule has 1 aliphatic rings. The van der Waals surface area contributed by atoms with Gasteiger partial charge in [0, 0.05) is 36.6 Å². The maximum Gasteiger partial charge on any atom is 0.321 e. The van der Waals surface area contributed by atoms with Gasteiger partial charge in [-0.05, 0) is 42.9 Å². The van der Waals surface area contributed by atoms with Crippen LogP contribution in [0.4, 0.5) is 4.79 Å². The number of rotatable bonds is 15. The Morgan fingerprint density at radius 3 is 2.40 bits per heavy atom. The number of urea groups is 1. The molecule has 262 valence electrons. The van der Waals surface area contributed by atoms with Gasteiger partial charge in [-0.3, -0.25) is 4.79 Å². The Morgan fingerprint density at radius 1 is 1.10 bits per heavy atom. The smallest absolute Gasteiger partial charge is 0.321 e. The van der Waals surface area contributed by atoms with Crippen LogP contribution in [-0.2, 0) is 27.8 Å². The minimum absolute atomic E-state index is 0.000212. The number of carbonyl (C=O) groups is 2. The molecule has 15 heteroatoms. The van der Waals surface area contributed by atoms with Gasteiger partial charge in [-0.15, -0.1) is 11.3 Å². The first-order valence-electron chi connectivity index (χ1n) is 15.8. The SMILES string of the molecule is Cc1nc(CN2CCN([C@H](C(=O)N[C@@H](Cc3ccccc3)[C@@H](O)CN(CC(C)C)S(=O)(=O)c3cc(Cl)cc(Cl)c3O)C(C)C)C2=O)cs1. The quantitative estimate of drug-likeness (QED) is 0.195. The molecular formula is C33H43Cl2N5O6S2. The number of thiazole rings is 1. The van der Waals surface area contributed by atoms with Crippen molar-refractivity contribution in [1.29, 1.82) is 0 Å². The van der Waals surface area contributed by atoms with Crippen LogP contribution in [0.1, 0.15) is 44.0 Å². The molecule has 48 heavy (non-hydrogen) atoms. The normalized spacial score (nSPS) is 15.9. The van der Waals surface area contributed by atoms with E-state index in [1.54, 1.807) is 9.80 Å². The molecule has 1 aromatic heterocycles. The highest BCUT2D eigenvalue weighted by atomic mass is 35.5. The molecule has 3 atom stereocenters. The number of aliphatic hydroxyl groups is 1. The summed E-state index contributed by atoms with van der Waals surface area (Å²) in [5.41, 5.74) is 1.60. The predicted octanol–water partition coefficient (Wildman–Crippen LogP) is 5.16. The minimum Gasteiger partial charge on any atom is -0.505 e. The summed E-state index contributed by atoms with van der Waals surface area (Å²) in [6.45, 7) is 9.97. The van der Waals surface area contributed by atoms with Crippen molar-refractivity contribution in [3.05, 3.63) is 74.2 Å². The van der Waals surface area contributed by atoms with E-state index in [1.807, 2.05) is 70.3 Å². The van der Waals surface area contributed by atoms with E-state index >= 15 is 0 Å². The van der Waals surface area contributed by atoms with Crippen molar-refractivity contribution in [3.8, 4) is 5.75 Å². The molecule has 1 aliphatic heterocycles. The molecule has 2 heterocycles. The summed E-state index contributed by atoms with van der Waals surface area (Å²) < 4.78 is 28.9. The highest BCUT2D eigenvalue weighted by Crippen LogP contribution is 2.36. The number of aryl methyl sites for hydroxylation is 1. The summed E-state index contributed by atoms with van der Waals surface area (Å²) in [5.74, 6) is -1.53. The van der Waals surface area contributed by atoms with Crippen LogP contribution in [0.5, 0.6) is 5.75 Å². The Labute approximate surface area is 296 Å². The van der Waals surface area contributed by atoms with Crippen molar-refractivity contribution in [1.82, 2.24) is 24.4 Å². The maximum atomic E-state index is 14.1. The van der Waals surface area contributed by atoms with E-state index in [4.69, 9.17) is 23.2 Å². The van der Waals surface area contributed by atoms with Gasteiger partial charge in [0.15, 0.2) is 5.75 Å². The third-order valence-corrected chi connectivity index (χ3v) is 11.2. The van der Waals surface area contributed by atoms with Crippen LogP contribution in [0, 0.1) is 18.8 Å². The molecule has 3 N–H and O–H groups in total. The average Bonchev–Trinajstić information content (AvgIpc) is 3.58. The number of nitrogens with one attached hydrogen (secondary N) is 1. The number of aromatic hydroxyl groups is 1. The van der Waals surface area contributed by atoms with E-state index in [2.05, 4.69) is 10.3 Å². The summed E-state index contributed by atoms with van der Waals surface area (Å²) in [6.07, 6.45) is -1.20. The molecule has 0 saturated carbocycles. The minimum atomic E-state index is -4.40. The van der Waals surface area contributed by atoms with Crippen LogP contribution in [0.2, 0.25) is 10.0 Å². The topological polar surface area (TPSA) is 143 Å². The number of hydrogen-bond acceptors (Lipinski definition) is 8. The van der Waals surface area contributed by atoms with Gasteiger partial charge in [0.2, 0.25) is 15.9 Å². The van der Waals surface area contributed by atoms with Gasteiger partial charge in [-0.2, -0.15) is 4.31 Å². The fourth-order valence-corrected chi connectivity index (χ4v) is 8.77. The molecule has 4 rings (SSSR count). The molecule has 0 spiro atoms. The Morgan fingerprint density at radius 2 is 1.79 bits per heavy atom. The zero-order chi connectivity index (χ0) is 35.3. The molecule has 3 amide bonds. The molecule has 1 saturated heterocycles. The lowest BCUT2D eigenvalue weighted by Gasteiger charge is -2.34.